The van der Waals surface area contributed by atoms with E-state index in [0.717, 1.165) is 4.47 Å². The third-order valence-electron chi connectivity index (χ3n) is 2.75. The van der Waals surface area contributed by atoms with E-state index in [1.165, 1.54) is 18.3 Å². The molecule has 24 heavy (non-hydrogen) atoms. The monoisotopic (exact) mass is 411 g/mol. The molecule has 0 saturated carbocycles. The van der Waals surface area contributed by atoms with Gasteiger partial charge in [0.05, 0.1) is 11.1 Å². The SMILES string of the molecule is O=C(COc1ccc(Br)cc1)NN=Cc1ccc(Cl)c([N+](=O)[O-])c1. The van der Waals surface area contributed by atoms with Crippen LogP contribution in [0.15, 0.2) is 52.0 Å². The van der Waals surface area contributed by atoms with E-state index in [4.69, 9.17) is 16.3 Å². The number of nitrogens with one attached hydrogen (secondary N) is 1. The summed E-state index contributed by atoms with van der Waals surface area (Å²) in [5.41, 5.74) is 2.47. The first-order valence-electron chi connectivity index (χ1n) is 6.60. The lowest BCUT2D eigenvalue weighted by atomic mass is 10.2. The van der Waals surface area contributed by atoms with E-state index in [2.05, 4.69) is 26.5 Å². The number of hydrazone groups is 1. The van der Waals surface area contributed by atoms with Crippen LogP contribution < -0.4 is 10.2 Å². The molecular weight excluding hydrogens is 402 g/mol. The lowest BCUT2D eigenvalue weighted by Gasteiger charge is -2.04. The molecule has 0 aliphatic rings. The standard InChI is InChI=1S/C15H11BrClN3O4/c16-11-2-4-12(5-3-11)24-9-15(21)19-18-8-10-1-6-13(17)14(7-10)20(22)23/h1-8H,9H2,(H,19,21). The second kappa shape index (κ2) is 8.42. The van der Waals surface area contributed by atoms with E-state index in [1.54, 1.807) is 30.3 Å². The van der Waals surface area contributed by atoms with Gasteiger partial charge in [-0.1, -0.05) is 33.6 Å². The van der Waals surface area contributed by atoms with Crippen molar-refractivity contribution in [1.29, 1.82) is 0 Å². The fourth-order valence-electron chi connectivity index (χ4n) is 1.64. The molecule has 9 heteroatoms. The highest BCUT2D eigenvalue weighted by atomic mass is 79.9. The van der Waals surface area contributed by atoms with Crippen LogP contribution in [0.4, 0.5) is 5.69 Å². The molecule has 0 saturated heterocycles. The van der Waals surface area contributed by atoms with Crippen LogP contribution in [0.2, 0.25) is 5.02 Å². The smallest absolute Gasteiger partial charge is 0.288 e. The van der Waals surface area contributed by atoms with Crippen LogP contribution in [-0.2, 0) is 4.79 Å². The minimum Gasteiger partial charge on any atom is -0.484 e. The number of benzene rings is 2. The van der Waals surface area contributed by atoms with Gasteiger partial charge in [0.25, 0.3) is 11.6 Å². The zero-order chi connectivity index (χ0) is 17.5. The van der Waals surface area contributed by atoms with Gasteiger partial charge >= 0.3 is 0 Å². The maximum absolute atomic E-state index is 11.6. The van der Waals surface area contributed by atoms with Gasteiger partial charge in [-0.15, -0.1) is 0 Å². The third kappa shape index (κ3) is 5.32. The van der Waals surface area contributed by atoms with Crippen LogP contribution in [-0.4, -0.2) is 23.7 Å². The van der Waals surface area contributed by atoms with Crippen LogP contribution in [0.1, 0.15) is 5.56 Å². The predicted octanol–water partition coefficient (Wildman–Crippen LogP) is 3.54. The van der Waals surface area contributed by atoms with E-state index in [9.17, 15) is 14.9 Å². The number of amides is 1. The van der Waals surface area contributed by atoms with Crippen molar-refractivity contribution in [3.8, 4) is 5.75 Å². The Kier molecular flexibility index (Phi) is 6.28. The first-order valence-corrected chi connectivity index (χ1v) is 7.77. The molecule has 2 aromatic carbocycles. The molecule has 0 heterocycles. The topological polar surface area (TPSA) is 93.8 Å². The molecule has 0 aromatic heterocycles. The molecule has 1 N–H and O–H groups in total. The number of nitrogens with zero attached hydrogens (tertiary/aromatic N) is 2. The summed E-state index contributed by atoms with van der Waals surface area (Å²) in [4.78, 5) is 21.8. The van der Waals surface area contributed by atoms with Gasteiger partial charge in [0.1, 0.15) is 10.8 Å². The molecule has 0 fully saturated rings. The Morgan fingerprint density at radius 3 is 2.71 bits per heavy atom. The minimum atomic E-state index is -0.593. The third-order valence-corrected chi connectivity index (χ3v) is 3.60. The van der Waals surface area contributed by atoms with Gasteiger partial charge in [-0.05, 0) is 30.3 Å². The normalized spacial score (nSPS) is 10.6. The van der Waals surface area contributed by atoms with Crippen molar-refractivity contribution >= 4 is 45.3 Å². The molecule has 0 radical (unpaired) electrons. The average molecular weight is 413 g/mol. The van der Waals surface area contributed by atoms with Crippen molar-refractivity contribution in [2.24, 2.45) is 5.10 Å². The summed E-state index contributed by atoms with van der Waals surface area (Å²) in [6, 6.07) is 11.2. The molecule has 0 unspecified atom stereocenters. The summed E-state index contributed by atoms with van der Waals surface area (Å²) in [7, 11) is 0. The Morgan fingerprint density at radius 2 is 2.04 bits per heavy atom. The fourth-order valence-corrected chi connectivity index (χ4v) is 2.09. The summed E-state index contributed by atoms with van der Waals surface area (Å²) >= 11 is 9.01. The molecule has 1 amide bonds. The number of rotatable bonds is 6. The molecule has 0 aliphatic heterocycles. The number of hydrogen-bond acceptors (Lipinski definition) is 5. The maximum Gasteiger partial charge on any atom is 0.288 e. The van der Waals surface area contributed by atoms with Gasteiger partial charge in [-0.25, -0.2) is 5.43 Å². The maximum atomic E-state index is 11.6. The Balaban J connectivity index is 1.87. The van der Waals surface area contributed by atoms with Gasteiger partial charge < -0.3 is 4.74 Å². The Morgan fingerprint density at radius 1 is 1.33 bits per heavy atom. The Bertz CT molecular complexity index is 781. The van der Waals surface area contributed by atoms with Gasteiger partial charge in [0.15, 0.2) is 6.61 Å². The van der Waals surface area contributed by atoms with Gasteiger partial charge in [0.2, 0.25) is 0 Å². The molecule has 7 nitrogen and oxygen atoms in total. The highest BCUT2D eigenvalue weighted by molar-refractivity contribution is 9.10. The molecule has 2 rings (SSSR count). The van der Waals surface area contributed by atoms with Crippen molar-refractivity contribution in [2.75, 3.05) is 6.61 Å². The zero-order valence-electron chi connectivity index (χ0n) is 12.1. The van der Waals surface area contributed by atoms with Crippen LogP contribution in [0.25, 0.3) is 0 Å². The van der Waals surface area contributed by atoms with Crippen molar-refractivity contribution in [3.63, 3.8) is 0 Å². The highest BCUT2D eigenvalue weighted by Gasteiger charge is 2.11. The van der Waals surface area contributed by atoms with E-state index in [0.29, 0.717) is 11.3 Å². The zero-order valence-corrected chi connectivity index (χ0v) is 14.5. The molecule has 0 bridgehead atoms. The van der Waals surface area contributed by atoms with Crippen LogP contribution in [0.3, 0.4) is 0 Å². The predicted molar refractivity (Wildman–Crippen MR) is 93.5 cm³/mol. The molecule has 2 aromatic rings. The summed E-state index contributed by atoms with van der Waals surface area (Å²) in [5.74, 6) is 0.0864. The van der Waals surface area contributed by atoms with Gasteiger partial charge in [0, 0.05) is 16.1 Å². The number of hydrogen-bond donors (Lipinski definition) is 1. The molecular formula is C15H11BrClN3O4. The Hall–Kier alpha value is -2.45. The van der Waals surface area contributed by atoms with E-state index in [-0.39, 0.29) is 17.3 Å². The van der Waals surface area contributed by atoms with Crippen LogP contribution in [0.5, 0.6) is 5.75 Å². The van der Waals surface area contributed by atoms with Gasteiger partial charge in [-0.2, -0.15) is 5.10 Å². The number of carbonyl (C=O) groups is 1. The first-order chi connectivity index (χ1) is 11.5. The lowest BCUT2D eigenvalue weighted by Crippen LogP contribution is -2.24. The summed E-state index contributed by atoms with van der Waals surface area (Å²) in [6.45, 7) is -0.209. The molecule has 0 atom stereocenters. The average Bonchev–Trinajstić information content (AvgIpc) is 2.55. The molecule has 0 aliphatic carbocycles. The second-order valence-corrected chi connectivity index (χ2v) is 5.83. The largest absolute Gasteiger partial charge is 0.484 e. The highest BCUT2D eigenvalue weighted by Crippen LogP contribution is 2.24. The first kappa shape index (κ1) is 17.9. The quantitative estimate of drug-likeness (QED) is 0.446. The van der Waals surface area contributed by atoms with Gasteiger partial charge in [-0.3, -0.25) is 14.9 Å². The van der Waals surface area contributed by atoms with Crippen molar-refractivity contribution in [1.82, 2.24) is 5.43 Å². The summed E-state index contributed by atoms with van der Waals surface area (Å²) < 4.78 is 6.18. The number of ether oxygens (including phenoxy) is 1. The summed E-state index contributed by atoms with van der Waals surface area (Å²) in [6.07, 6.45) is 1.28. The number of nitro groups is 1. The number of carbonyl (C=O) groups excluding carboxylic acids is 1. The number of halogens is 2. The van der Waals surface area contributed by atoms with Crippen LogP contribution >= 0.6 is 27.5 Å². The lowest BCUT2D eigenvalue weighted by molar-refractivity contribution is -0.384. The summed E-state index contributed by atoms with van der Waals surface area (Å²) in [5, 5.41) is 14.5. The van der Waals surface area contributed by atoms with Crippen molar-refractivity contribution in [2.45, 2.75) is 0 Å². The van der Waals surface area contributed by atoms with Crippen molar-refractivity contribution in [3.05, 3.63) is 67.6 Å². The molecule has 124 valence electrons. The van der Waals surface area contributed by atoms with Crippen LogP contribution in [0, 0.1) is 10.1 Å². The fraction of sp³-hybridized carbons (Fsp3) is 0.0667. The van der Waals surface area contributed by atoms with E-state index in [1.807, 2.05) is 0 Å². The van der Waals surface area contributed by atoms with Crippen molar-refractivity contribution < 1.29 is 14.5 Å². The van der Waals surface area contributed by atoms with E-state index < -0.39 is 10.8 Å². The minimum absolute atomic E-state index is 0.0316. The number of nitro benzene ring substituents is 1. The second-order valence-electron chi connectivity index (χ2n) is 4.50. The molecule has 0 spiro atoms. The van der Waals surface area contributed by atoms with E-state index >= 15 is 0 Å². The Labute approximate surface area is 150 Å².